The number of aliphatic hydroxyl groups is 5. The van der Waals surface area contributed by atoms with Crippen molar-refractivity contribution in [3.63, 3.8) is 0 Å². The van der Waals surface area contributed by atoms with E-state index in [0.29, 0.717) is 5.39 Å². The van der Waals surface area contributed by atoms with Crippen LogP contribution in [0.15, 0.2) is 33.5 Å². The molecule has 0 unspecified atom stereocenters. The summed E-state index contributed by atoms with van der Waals surface area (Å²) in [5.74, 6) is -2.43. The Morgan fingerprint density at radius 3 is 2.56 bits per heavy atom. The van der Waals surface area contributed by atoms with E-state index in [1.807, 2.05) is 0 Å². The fourth-order valence-electron chi connectivity index (χ4n) is 2.92. The third-order valence-corrected chi connectivity index (χ3v) is 4.29. The molecule has 1 saturated heterocycles. The van der Waals surface area contributed by atoms with Gasteiger partial charge in [0, 0.05) is 11.5 Å². The molecular weight excluding hydrogens is 336 g/mol. The third kappa shape index (κ3) is 2.80. The third-order valence-electron chi connectivity index (χ3n) is 4.29. The van der Waals surface area contributed by atoms with Crippen molar-refractivity contribution in [2.45, 2.75) is 30.2 Å². The molecule has 0 spiro atoms. The lowest BCUT2D eigenvalue weighted by atomic mass is 9.87. The smallest absolute Gasteiger partial charge is 0.336 e. The minimum Gasteiger partial charge on any atom is -0.496 e. The number of hydrogen-bond acceptors (Lipinski definition) is 9. The fourth-order valence-corrected chi connectivity index (χ4v) is 2.92. The summed E-state index contributed by atoms with van der Waals surface area (Å²) in [5.41, 5.74) is -0.660. The van der Waals surface area contributed by atoms with Crippen molar-refractivity contribution < 1.29 is 39.4 Å². The molecule has 9 nitrogen and oxygen atoms in total. The van der Waals surface area contributed by atoms with Crippen molar-refractivity contribution in [2.24, 2.45) is 0 Å². The first-order valence-electron chi connectivity index (χ1n) is 7.49. The van der Waals surface area contributed by atoms with Gasteiger partial charge in [-0.2, -0.15) is 0 Å². The SMILES string of the molecule is COc1cc2ccc(=O)oc2cc1[C@@]1(O)O[C@H](CO)[C@@H](O)[C@H](O)[C@H]1O. The van der Waals surface area contributed by atoms with Crippen LogP contribution in [0.2, 0.25) is 0 Å². The molecule has 1 aliphatic rings. The Bertz CT molecular complexity index is 830. The molecule has 2 aromatic rings. The maximum Gasteiger partial charge on any atom is 0.336 e. The molecular formula is C16H18O9. The second-order valence-electron chi connectivity index (χ2n) is 5.81. The molecule has 1 aliphatic heterocycles. The van der Waals surface area contributed by atoms with Gasteiger partial charge in [-0.3, -0.25) is 0 Å². The summed E-state index contributed by atoms with van der Waals surface area (Å²) in [6, 6.07) is 5.39. The lowest BCUT2D eigenvalue weighted by Crippen LogP contribution is -2.63. The minimum absolute atomic E-state index is 0.0863. The fraction of sp³-hybridized carbons (Fsp3) is 0.438. The topological polar surface area (TPSA) is 150 Å². The van der Waals surface area contributed by atoms with Gasteiger partial charge in [0.25, 0.3) is 0 Å². The molecule has 25 heavy (non-hydrogen) atoms. The van der Waals surface area contributed by atoms with Crippen molar-refractivity contribution in [3.05, 3.63) is 40.2 Å². The number of fused-ring (bicyclic) bond motifs is 1. The van der Waals surface area contributed by atoms with Crippen LogP contribution in [0.5, 0.6) is 5.75 Å². The highest BCUT2D eigenvalue weighted by Gasteiger charge is 2.54. The van der Waals surface area contributed by atoms with Crippen LogP contribution in [0, 0.1) is 0 Å². The molecule has 1 aromatic heterocycles. The number of aliphatic hydroxyl groups excluding tert-OH is 4. The zero-order chi connectivity index (χ0) is 18.4. The summed E-state index contributed by atoms with van der Waals surface area (Å²) in [5, 5.41) is 50.8. The normalized spacial score (nSPS) is 32.7. The van der Waals surface area contributed by atoms with E-state index in [2.05, 4.69) is 0 Å². The molecule has 5 N–H and O–H groups in total. The highest BCUT2D eigenvalue weighted by atomic mass is 16.7. The summed E-state index contributed by atoms with van der Waals surface area (Å²) in [4.78, 5) is 11.4. The van der Waals surface area contributed by atoms with Gasteiger partial charge in [0.15, 0.2) is 0 Å². The van der Waals surface area contributed by atoms with Gasteiger partial charge in [0.2, 0.25) is 5.79 Å². The van der Waals surface area contributed by atoms with Gasteiger partial charge in [-0.15, -0.1) is 0 Å². The predicted molar refractivity (Wildman–Crippen MR) is 82.9 cm³/mol. The van der Waals surface area contributed by atoms with Crippen molar-refractivity contribution >= 4 is 11.0 Å². The first-order valence-corrected chi connectivity index (χ1v) is 7.49. The van der Waals surface area contributed by atoms with E-state index < -0.39 is 42.4 Å². The van der Waals surface area contributed by atoms with Gasteiger partial charge in [0.05, 0.1) is 19.3 Å². The Kier molecular flexibility index (Phi) is 4.54. The highest BCUT2D eigenvalue weighted by Crippen LogP contribution is 2.41. The Labute approximate surface area is 141 Å². The first-order chi connectivity index (χ1) is 11.8. The zero-order valence-corrected chi connectivity index (χ0v) is 13.2. The molecule has 136 valence electrons. The monoisotopic (exact) mass is 354 g/mol. The maximum absolute atomic E-state index is 11.4. The van der Waals surface area contributed by atoms with Gasteiger partial charge in [-0.25, -0.2) is 4.79 Å². The summed E-state index contributed by atoms with van der Waals surface area (Å²) in [6.07, 6.45) is -6.71. The second-order valence-corrected chi connectivity index (χ2v) is 5.81. The Hall–Kier alpha value is -2.01. The van der Waals surface area contributed by atoms with Gasteiger partial charge in [0.1, 0.15) is 35.7 Å². The second kappa shape index (κ2) is 6.37. The van der Waals surface area contributed by atoms with E-state index in [4.69, 9.17) is 13.9 Å². The first kappa shape index (κ1) is 17.8. The minimum atomic E-state index is -2.51. The summed E-state index contributed by atoms with van der Waals surface area (Å²) in [7, 11) is 1.32. The molecule has 1 aromatic carbocycles. The Balaban J connectivity index is 2.19. The Morgan fingerprint density at radius 2 is 1.92 bits per heavy atom. The van der Waals surface area contributed by atoms with Crippen LogP contribution >= 0.6 is 0 Å². The predicted octanol–water partition coefficient (Wildman–Crippen LogP) is -1.58. The lowest BCUT2D eigenvalue weighted by molar-refractivity contribution is -0.358. The van der Waals surface area contributed by atoms with Gasteiger partial charge in [-0.1, -0.05) is 0 Å². The van der Waals surface area contributed by atoms with E-state index in [9.17, 15) is 30.3 Å². The van der Waals surface area contributed by atoms with E-state index >= 15 is 0 Å². The molecule has 5 atom stereocenters. The molecule has 2 heterocycles. The van der Waals surface area contributed by atoms with Crippen molar-refractivity contribution in [1.82, 2.24) is 0 Å². The van der Waals surface area contributed by atoms with Crippen LogP contribution in [0.1, 0.15) is 5.56 Å². The Morgan fingerprint density at radius 1 is 1.20 bits per heavy atom. The molecule has 0 saturated carbocycles. The zero-order valence-electron chi connectivity index (χ0n) is 13.2. The molecule has 0 aliphatic carbocycles. The molecule has 0 radical (unpaired) electrons. The van der Waals surface area contributed by atoms with E-state index in [1.54, 1.807) is 0 Å². The summed E-state index contributed by atoms with van der Waals surface area (Å²) < 4.78 is 15.5. The maximum atomic E-state index is 11.4. The summed E-state index contributed by atoms with van der Waals surface area (Å²) in [6.45, 7) is -0.710. The van der Waals surface area contributed by atoms with Gasteiger partial charge < -0.3 is 39.4 Å². The largest absolute Gasteiger partial charge is 0.496 e. The summed E-state index contributed by atoms with van der Waals surface area (Å²) >= 11 is 0. The van der Waals surface area contributed by atoms with E-state index in [0.717, 1.165) is 0 Å². The van der Waals surface area contributed by atoms with Crippen molar-refractivity contribution in [2.75, 3.05) is 13.7 Å². The van der Waals surface area contributed by atoms with E-state index in [-0.39, 0.29) is 16.9 Å². The van der Waals surface area contributed by atoms with Crippen LogP contribution in [0.4, 0.5) is 0 Å². The van der Waals surface area contributed by atoms with Crippen LogP contribution in [0.25, 0.3) is 11.0 Å². The number of methoxy groups -OCH3 is 1. The number of benzene rings is 1. The molecule has 0 bridgehead atoms. The average molecular weight is 354 g/mol. The highest BCUT2D eigenvalue weighted by molar-refractivity contribution is 5.79. The van der Waals surface area contributed by atoms with Crippen LogP contribution in [-0.2, 0) is 10.5 Å². The average Bonchev–Trinajstić information content (AvgIpc) is 2.61. The van der Waals surface area contributed by atoms with Crippen LogP contribution < -0.4 is 10.4 Å². The lowest BCUT2D eigenvalue weighted by Gasteiger charge is -2.45. The van der Waals surface area contributed by atoms with Crippen LogP contribution in [0.3, 0.4) is 0 Å². The van der Waals surface area contributed by atoms with Gasteiger partial charge >= 0.3 is 5.63 Å². The number of ether oxygens (including phenoxy) is 2. The number of hydrogen-bond donors (Lipinski definition) is 5. The molecule has 1 fully saturated rings. The molecule has 0 amide bonds. The molecule has 3 rings (SSSR count). The number of rotatable bonds is 3. The van der Waals surface area contributed by atoms with E-state index in [1.165, 1.54) is 31.4 Å². The van der Waals surface area contributed by atoms with Crippen LogP contribution in [-0.4, -0.2) is 63.7 Å². The molecule has 9 heteroatoms. The standard InChI is InChI=1S/C16H18O9/c1-23-10-4-7-2-3-12(18)24-9(7)5-8(10)16(22)15(21)14(20)13(19)11(6-17)25-16/h2-5,11,13-15,17,19-22H,6H2,1H3/t11-,13-,14+,15-,16-/m1/s1. The van der Waals surface area contributed by atoms with Crippen molar-refractivity contribution in [1.29, 1.82) is 0 Å². The van der Waals surface area contributed by atoms with Gasteiger partial charge in [-0.05, 0) is 18.2 Å². The van der Waals surface area contributed by atoms with Crippen molar-refractivity contribution in [3.8, 4) is 5.75 Å². The quantitative estimate of drug-likeness (QED) is 0.412.